The van der Waals surface area contributed by atoms with Gasteiger partial charge in [-0.25, -0.2) is 0 Å². The van der Waals surface area contributed by atoms with E-state index >= 15 is 0 Å². The van der Waals surface area contributed by atoms with E-state index in [9.17, 15) is 0 Å². The van der Waals surface area contributed by atoms with Gasteiger partial charge in [0.2, 0.25) is 11.8 Å². The van der Waals surface area contributed by atoms with Gasteiger partial charge < -0.3 is 9.73 Å². The smallest absolute Gasteiger partial charge is 0.248 e. The number of nitrogens with zero attached hydrogens (tertiary/aromatic N) is 2. The van der Waals surface area contributed by atoms with Crippen LogP contribution in [0.25, 0.3) is 11.5 Å². The molecule has 0 amide bonds. The van der Waals surface area contributed by atoms with Crippen molar-refractivity contribution < 1.29 is 4.42 Å². The molecule has 5 heteroatoms. The van der Waals surface area contributed by atoms with Crippen LogP contribution in [0.4, 0.5) is 0 Å². The van der Waals surface area contributed by atoms with Gasteiger partial charge in [-0.15, -0.1) is 10.2 Å². The molecule has 0 bridgehead atoms. The van der Waals surface area contributed by atoms with Crippen LogP contribution in [0.1, 0.15) is 24.4 Å². The highest BCUT2D eigenvalue weighted by atomic mass is 79.9. The molecule has 0 aliphatic heterocycles. The van der Waals surface area contributed by atoms with E-state index in [0.29, 0.717) is 11.8 Å². The van der Waals surface area contributed by atoms with Gasteiger partial charge in [-0.05, 0) is 38.6 Å². The summed E-state index contributed by atoms with van der Waals surface area (Å²) >= 11 is 3.49. The zero-order chi connectivity index (χ0) is 12.4. The second-order valence-corrected chi connectivity index (χ2v) is 4.72. The third-order valence-electron chi connectivity index (χ3n) is 2.74. The second-order valence-electron chi connectivity index (χ2n) is 3.87. The molecule has 2 aromatic rings. The summed E-state index contributed by atoms with van der Waals surface area (Å²) in [5.41, 5.74) is 2.06. The van der Waals surface area contributed by atoms with E-state index in [1.54, 1.807) is 0 Å². The summed E-state index contributed by atoms with van der Waals surface area (Å²) in [6.45, 7) is 4.00. The van der Waals surface area contributed by atoms with E-state index in [4.69, 9.17) is 4.42 Å². The molecule has 4 nitrogen and oxygen atoms in total. The first kappa shape index (κ1) is 12.3. The summed E-state index contributed by atoms with van der Waals surface area (Å²) in [4.78, 5) is 0. The number of halogens is 1. The summed E-state index contributed by atoms with van der Waals surface area (Å²) in [6.07, 6.45) is 0. The average Bonchev–Trinajstić information content (AvgIpc) is 2.81. The van der Waals surface area contributed by atoms with Crippen LogP contribution in [0.3, 0.4) is 0 Å². The Morgan fingerprint density at radius 3 is 2.82 bits per heavy atom. The SMILES string of the molecule is CNC(C)c1nnc(-c2cccc(Br)c2C)o1. The van der Waals surface area contributed by atoms with Crippen molar-refractivity contribution in [3.63, 3.8) is 0 Å². The number of nitrogens with one attached hydrogen (secondary N) is 1. The summed E-state index contributed by atoms with van der Waals surface area (Å²) in [5.74, 6) is 1.16. The van der Waals surface area contributed by atoms with Crippen molar-refractivity contribution >= 4 is 15.9 Å². The van der Waals surface area contributed by atoms with Crippen molar-refractivity contribution in [2.75, 3.05) is 7.05 Å². The van der Waals surface area contributed by atoms with Gasteiger partial charge in [-0.3, -0.25) is 0 Å². The largest absolute Gasteiger partial charge is 0.419 e. The highest BCUT2D eigenvalue weighted by Crippen LogP contribution is 2.28. The van der Waals surface area contributed by atoms with E-state index in [1.165, 1.54) is 0 Å². The predicted octanol–water partition coefficient (Wildman–Crippen LogP) is 3.09. The minimum atomic E-state index is 0.0590. The van der Waals surface area contributed by atoms with Crippen molar-refractivity contribution in [1.82, 2.24) is 15.5 Å². The highest BCUT2D eigenvalue weighted by Gasteiger charge is 2.15. The monoisotopic (exact) mass is 295 g/mol. The molecule has 0 saturated heterocycles. The topological polar surface area (TPSA) is 51.0 Å². The van der Waals surface area contributed by atoms with E-state index in [-0.39, 0.29) is 6.04 Å². The Hall–Kier alpha value is -1.20. The third kappa shape index (κ3) is 2.40. The van der Waals surface area contributed by atoms with Crippen LogP contribution in [0.2, 0.25) is 0 Å². The number of hydrogen-bond acceptors (Lipinski definition) is 4. The fraction of sp³-hybridized carbons (Fsp3) is 0.333. The fourth-order valence-corrected chi connectivity index (χ4v) is 1.85. The molecule has 1 aromatic carbocycles. The Morgan fingerprint density at radius 1 is 1.35 bits per heavy atom. The molecule has 0 fully saturated rings. The number of hydrogen-bond donors (Lipinski definition) is 1. The third-order valence-corrected chi connectivity index (χ3v) is 3.60. The van der Waals surface area contributed by atoms with Crippen molar-refractivity contribution in [3.05, 3.63) is 34.1 Å². The number of rotatable bonds is 3. The minimum absolute atomic E-state index is 0.0590. The van der Waals surface area contributed by atoms with Crippen molar-refractivity contribution in [1.29, 1.82) is 0 Å². The maximum atomic E-state index is 5.65. The van der Waals surface area contributed by atoms with E-state index in [2.05, 4.69) is 31.4 Å². The zero-order valence-corrected chi connectivity index (χ0v) is 11.6. The quantitative estimate of drug-likeness (QED) is 0.945. The van der Waals surface area contributed by atoms with Crippen LogP contribution in [0.15, 0.2) is 27.1 Å². The molecule has 0 radical (unpaired) electrons. The lowest BCUT2D eigenvalue weighted by atomic mass is 10.1. The molecular weight excluding hydrogens is 282 g/mol. The van der Waals surface area contributed by atoms with Crippen LogP contribution < -0.4 is 5.32 Å². The average molecular weight is 296 g/mol. The molecular formula is C12H14BrN3O. The second kappa shape index (κ2) is 4.98. The Balaban J connectivity index is 2.40. The van der Waals surface area contributed by atoms with E-state index in [0.717, 1.165) is 15.6 Å². The molecule has 90 valence electrons. The highest BCUT2D eigenvalue weighted by molar-refractivity contribution is 9.10. The van der Waals surface area contributed by atoms with Gasteiger partial charge in [0.25, 0.3) is 0 Å². The maximum absolute atomic E-state index is 5.65. The Bertz CT molecular complexity index is 524. The van der Waals surface area contributed by atoms with Gasteiger partial charge in [-0.1, -0.05) is 22.0 Å². The lowest BCUT2D eigenvalue weighted by molar-refractivity contribution is 0.441. The fourth-order valence-electron chi connectivity index (χ4n) is 1.48. The Labute approximate surface area is 109 Å². The lowest BCUT2D eigenvalue weighted by Crippen LogP contribution is -2.12. The van der Waals surface area contributed by atoms with Crippen LogP contribution in [0.5, 0.6) is 0 Å². The Morgan fingerprint density at radius 2 is 2.12 bits per heavy atom. The molecule has 0 aliphatic rings. The van der Waals surface area contributed by atoms with Gasteiger partial charge in [0.15, 0.2) is 0 Å². The van der Waals surface area contributed by atoms with Gasteiger partial charge in [0.05, 0.1) is 6.04 Å². The van der Waals surface area contributed by atoms with Crippen molar-refractivity contribution in [3.8, 4) is 11.5 Å². The standard InChI is InChI=1S/C12H14BrN3O/c1-7-9(5-4-6-10(7)13)12-16-15-11(17-12)8(2)14-3/h4-6,8,14H,1-3H3. The minimum Gasteiger partial charge on any atom is -0.419 e. The molecule has 2 rings (SSSR count). The first-order valence-corrected chi connectivity index (χ1v) is 6.19. The predicted molar refractivity (Wildman–Crippen MR) is 69.6 cm³/mol. The molecule has 1 atom stereocenters. The molecule has 1 aromatic heterocycles. The van der Waals surface area contributed by atoms with Gasteiger partial charge in [0.1, 0.15) is 0 Å². The Kier molecular flexibility index (Phi) is 3.59. The van der Waals surface area contributed by atoms with Gasteiger partial charge in [0, 0.05) is 10.0 Å². The molecule has 0 aliphatic carbocycles. The number of benzene rings is 1. The van der Waals surface area contributed by atoms with Crippen LogP contribution in [-0.4, -0.2) is 17.2 Å². The van der Waals surface area contributed by atoms with Gasteiger partial charge in [-0.2, -0.15) is 0 Å². The maximum Gasteiger partial charge on any atom is 0.248 e. The van der Waals surface area contributed by atoms with E-state index < -0.39 is 0 Å². The van der Waals surface area contributed by atoms with E-state index in [1.807, 2.05) is 39.1 Å². The normalized spacial score (nSPS) is 12.7. The molecule has 1 heterocycles. The van der Waals surface area contributed by atoms with Crippen molar-refractivity contribution in [2.45, 2.75) is 19.9 Å². The lowest BCUT2D eigenvalue weighted by Gasteiger charge is -2.04. The molecule has 17 heavy (non-hydrogen) atoms. The van der Waals surface area contributed by atoms with Crippen molar-refractivity contribution in [2.24, 2.45) is 0 Å². The molecule has 0 saturated carbocycles. The number of aromatic nitrogens is 2. The first-order valence-electron chi connectivity index (χ1n) is 5.39. The molecule has 1 N–H and O–H groups in total. The van der Waals surface area contributed by atoms with Crippen LogP contribution in [0, 0.1) is 6.92 Å². The summed E-state index contributed by atoms with van der Waals surface area (Å²) in [6, 6.07) is 5.98. The summed E-state index contributed by atoms with van der Waals surface area (Å²) in [7, 11) is 1.86. The van der Waals surface area contributed by atoms with Gasteiger partial charge >= 0.3 is 0 Å². The summed E-state index contributed by atoms with van der Waals surface area (Å²) in [5, 5.41) is 11.2. The van der Waals surface area contributed by atoms with Crippen LogP contribution in [-0.2, 0) is 0 Å². The zero-order valence-electron chi connectivity index (χ0n) is 9.99. The molecule has 0 spiro atoms. The van der Waals surface area contributed by atoms with Crippen LogP contribution >= 0.6 is 15.9 Å². The first-order chi connectivity index (χ1) is 8.13. The summed E-state index contributed by atoms with van der Waals surface area (Å²) < 4.78 is 6.69. The molecule has 1 unspecified atom stereocenters.